The Bertz CT molecular complexity index is 713. The van der Waals surface area contributed by atoms with E-state index >= 15 is 0 Å². The lowest BCUT2D eigenvalue weighted by Crippen LogP contribution is -2.46. The molecule has 0 bridgehead atoms. The first kappa shape index (κ1) is 17.0. The highest BCUT2D eigenvalue weighted by Gasteiger charge is 2.25. The van der Waals surface area contributed by atoms with Gasteiger partial charge in [-0.25, -0.2) is 14.8 Å². The molecule has 24 heavy (non-hydrogen) atoms. The summed E-state index contributed by atoms with van der Waals surface area (Å²) in [4.78, 5) is 22.3. The topological polar surface area (TPSA) is 67.4 Å². The average molecular weight is 412 g/mol. The van der Waals surface area contributed by atoms with E-state index in [1.807, 2.05) is 0 Å². The summed E-state index contributed by atoms with van der Waals surface area (Å²) in [5, 5.41) is 3.44. The third-order valence-electron chi connectivity index (χ3n) is 3.61. The number of carbonyl (C=O) groups excluding carboxylic acids is 1. The number of halogens is 2. The van der Waals surface area contributed by atoms with Crippen LogP contribution in [0.2, 0.25) is 5.02 Å². The molecule has 1 aliphatic rings. The summed E-state index contributed by atoms with van der Waals surface area (Å²) < 4.78 is 6.57. The predicted molar refractivity (Wildman–Crippen MR) is 95.4 cm³/mol. The summed E-state index contributed by atoms with van der Waals surface area (Å²) in [6, 6.07) is 7.23. The van der Waals surface area contributed by atoms with E-state index in [4.69, 9.17) is 16.3 Å². The van der Waals surface area contributed by atoms with Gasteiger partial charge in [-0.1, -0.05) is 17.7 Å². The Balaban J connectivity index is 1.58. The zero-order chi connectivity index (χ0) is 16.9. The van der Waals surface area contributed by atoms with E-state index in [1.54, 1.807) is 41.6 Å². The zero-order valence-electron chi connectivity index (χ0n) is 12.8. The van der Waals surface area contributed by atoms with Crippen molar-refractivity contribution in [2.24, 2.45) is 0 Å². The number of nitrogens with zero attached hydrogens (tertiary/aromatic N) is 3. The first-order chi connectivity index (χ1) is 11.6. The van der Waals surface area contributed by atoms with Crippen LogP contribution in [-0.2, 0) is 0 Å². The molecule has 1 fully saturated rings. The number of anilines is 1. The van der Waals surface area contributed by atoms with E-state index in [9.17, 15) is 4.79 Å². The second-order valence-electron chi connectivity index (χ2n) is 5.45. The van der Waals surface area contributed by atoms with Crippen molar-refractivity contribution in [3.8, 4) is 6.01 Å². The molecule has 2 amide bonds. The molecule has 0 spiro atoms. The Morgan fingerprint density at radius 3 is 2.92 bits per heavy atom. The normalized spacial score (nSPS) is 17.4. The van der Waals surface area contributed by atoms with Crippen molar-refractivity contribution in [1.82, 2.24) is 14.9 Å². The van der Waals surface area contributed by atoms with Gasteiger partial charge in [-0.3, -0.25) is 0 Å². The maximum absolute atomic E-state index is 12.4. The second kappa shape index (κ2) is 7.81. The van der Waals surface area contributed by atoms with Crippen molar-refractivity contribution in [2.75, 3.05) is 18.4 Å². The molecule has 2 aromatic rings. The van der Waals surface area contributed by atoms with Gasteiger partial charge in [0.2, 0.25) is 0 Å². The minimum absolute atomic E-state index is 0.120. The van der Waals surface area contributed by atoms with Gasteiger partial charge in [-0.2, -0.15) is 0 Å². The summed E-state index contributed by atoms with van der Waals surface area (Å²) in [6.07, 6.45) is 4.87. The lowest BCUT2D eigenvalue weighted by molar-refractivity contribution is 0.0983. The van der Waals surface area contributed by atoms with Crippen molar-refractivity contribution < 1.29 is 9.53 Å². The smallest absolute Gasteiger partial charge is 0.321 e. The number of urea groups is 1. The van der Waals surface area contributed by atoms with E-state index in [2.05, 4.69) is 31.2 Å². The van der Waals surface area contributed by atoms with Gasteiger partial charge in [0.1, 0.15) is 6.10 Å². The largest absolute Gasteiger partial charge is 0.458 e. The van der Waals surface area contributed by atoms with Gasteiger partial charge in [-0.05, 0) is 47.0 Å². The number of ether oxygens (including phenoxy) is 1. The molecule has 2 heterocycles. The molecule has 1 N–H and O–H groups in total. The molecule has 6 nitrogen and oxygen atoms in total. The van der Waals surface area contributed by atoms with Gasteiger partial charge in [-0.15, -0.1) is 0 Å². The molecule has 8 heteroatoms. The SMILES string of the molecule is O=C(Nc1cccc(Cl)c1)N1CCCC(Oc2ncc(Br)cn2)C1. The lowest BCUT2D eigenvalue weighted by atomic mass is 10.1. The standard InChI is InChI=1S/C16H16BrClN4O2/c17-11-8-19-15(20-9-11)24-14-5-2-6-22(10-14)16(23)21-13-4-1-3-12(18)7-13/h1,3-4,7-9,14H,2,5-6,10H2,(H,21,23). The third kappa shape index (κ3) is 4.58. The Morgan fingerprint density at radius 1 is 1.38 bits per heavy atom. The van der Waals surface area contributed by atoms with Crippen molar-refractivity contribution in [1.29, 1.82) is 0 Å². The Kier molecular flexibility index (Phi) is 5.52. The maximum atomic E-state index is 12.4. The number of nitrogens with one attached hydrogen (secondary N) is 1. The molecule has 1 aromatic carbocycles. The van der Waals surface area contributed by atoms with Crippen molar-refractivity contribution >= 4 is 39.2 Å². The number of likely N-dealkylation sites (tertiary alicyclic amines) is 1. The average Bonchev–Trinajstić information content (AvgIpc) is 2.57. The van der Waals surface area contributed by atoms with E-state index in [-0.39, 0.29) is 12.1 Å². The first-order valence-corrected chi connectivity index (χ1v) is 8.73. The predicted octanol–water partition coefficient (Wildman–Crippen LogP) is 3.97. The fraction of sp³-hybridized carbons (Fsp3) is 0.312. The molecule has 126 valence electrons. The van der Waals surface area contributed by atoms with Crippen LogP contribution in [0.5, 0.6) is 6.01 Å². The molecular formula is C16H16BrClN4O2. The summed E-state index contributed by atoms with van der Waals surface area (Å²) in [6.45, 7) is 1.18. The highest BCUT2D eigenvalue weighted by molar-refractivity contribution is 9.10. The summed E-state index contributed by atoms with van der Waals surface area (Å²) in [7, 11) is 0. The lowest BCUT2D eigenvalue weighted by Gasteiger charge is -2.32. The highest BCUT2D eigenvalue weighted by atomic mass is 79.9. The molecule has 0 saturated carbocycles. The Labute approximate surface area is 153 Å². The molecule has 0 radical (unpaired) electrons. The van der Waals surface area contributed by atoms with Gasteiger partial charge in [0.15, 0.2) is 0 Å². The van der Waals surface area contributed by atoms with Crippen LogP contribution in [-0.4, -0.2) is 40.1 Å². The third-order valence-corrected chi connectivity index (χ3v) is 4.25. The molecular weight excluding hydrogens is 396 g/mol. The van der Waals surface area contributed by atoms with Crippen LogP contribution in [0, 0.1) is 0 Å². The molecule has 1 unspecified atom stereocenters. The van der Waals surface area contributed by atoms with Crippen LogP contribution in [0.4, 0.5) is 10.5 Å². The van der Waals surface area contributed by atoms with Crippen LogP contribution in [0.15, 0.2) is 41.1 Å². The maximum Gasteiger partial charge on any atom is 0.321 e. The molecule has 1 aromatic heterocycles. The summed E-state index contributed by atoms with van der Waals surface area (Å²) in [5.74, 6) is 0. The van der Waals surface area contributed by atoms with Crippen molar-refractivity contribution in [3.05, 3.63) is 46.2 Å². The van der Waals surface area contributed by atoms with Crippen molar-refractivity contribution in [2.45, 2.75) is 18.9 Å². The number of piperidine rings is 1. The molecule has 1 atom stereocenters. The number of hydrogen-bond donors (Lipinski definition) is 1. The van der Waals surface area contributed by atoms with E-state index in [0.29, 0.717) is 29.8 Å². The first-order valence-electron chi connectivity index (χ1n) is 7.56. The molecule has 1 aliphatic heterocycles. The van der Waals surface area contributed by atoms with Gasteiger partial charge < -0.3 is 15.0 Å². The van der Waals surface area contributed by atoms with E-state index in [1.165, 1.54) is 0 Å². The van der Waals surface area contributed by atoms with Crippen LogP contribution in [0.1, 0.15) is 12.8 Å². The number of hydrogen-bond acceptors (Lipinski definition) is 4. The highest BCUT2D eigenvalue weighted by Crippen LogP contribution is 2.19. The van der Waals surface area contributed by atoms with Crippen LogP contribution in [0.25, 0.3) is 0 Å². The number of amides is 2. The van der Waals surface area contributed by atoms with Gasteiger partial charge in [0.25, 0.3) is 0 Å². The van der Waals surface area contributed by atoms with Gasteiger partial charge >= 0.3 is 12.0 Å². The van der Waals surface area contributed by atoms with E-state index < -0.39 is 0 Å². The van der Waals surface area contributed by atoms with Gasteiger partial charge in [0.05, 0.1) is 11.0 Å². The van der Waals surface area contributed by atoms with Crippen molar-refractivity contribution in [3.63, 3.8) is 0 Å². The molecule has 1 saturated heterocycles. The van der Waals surface area contributed by atoms with Crippen LogP contribution < -0.4 is 10.1 Å². The second-order valence-corrected chi connectivity index (χ2v) is 6.80. The Morgan fingerprint density at radius 2 is 2.17 bits per heavy atom. The minimum atomic E-state index is -0.165. The number of benzene rings is 1. The molecule has 3 rings (SSSR count). The monoisotopic (exact) mass is 410 g/mol. The fourth-order valence-corrected chi connectivity index (χ4v) is 2.89. The van der Waals surface area contributed by atoms with Gasteiger partial charge in [0, 0.05) is 29.6 Å². The Hall–Kier alpha value is -1.86. The van der Waals surface area contributed by atoms with E-state index in [0.717, 1.165) is 17.3 Å². The van der Waals surface area contributed by atoms with Crippen LogP contribution >= 0.6 is 27.5 Å². The minimum Gasteiger partial charge on any atom is -0.458 e. The molecule has 0 aliphatic carbocycles. The summed E-state index contributed by atoms with van der Waals surface area (Å²) in [5.41, 5.74) is 0.673. The number of aromatic nitrogens is 2. The zero-order valence-corrected chi connectivity index (χ0v) is 15.1. The number of rotatable bonds is 3. The summed E-state index contributed by atoms with van der Waals surface area (Å²) >= 11 is 9.22. The quantitative estimate of drug-likeness (QED) is 0.830. The van der Waals surface area contributed by atoms with Crippen LogP contribution in [0.3, 0.4) is 0 Å². The fourth-order valence-electron chi connectivity index (χ4n) is 2.50. The number of carbonyl (C=O) groups is 1.